The van der Waals surface area contributed by atoms with Crippen LogP contribution < -0.4 is 10.0 Å². The lowest BCUT2D eigenvalue weighted by atomic mass is 9.84. The van der Waals surface area contributed by atoms with Crippen molar-refractivity contribution in [3.8, 4) is 0 Å². The zero-order valence-corrected chi connectivity index (χ0v) is 13.5. The molecule has 1 aliphatic rings. The molecule has 1 aliphatic carbocycles. The van der Waals surface area contributed by atoms with Gasteiger partial charge in [0, 0.05) is 24.0 Å². The Balaban J connectivity index is 2.14. The highest BCUT2D eigenvalue weighted by atomic mass is 32.2. The third-order valence-electron chi connectivity index (χ3n) is 3.68. The Labute approximate surface area is 125 Å². The highest BCUT2D eigenvalue weighted by Crippen LogP contribution is 2.42. The van der Waals surface area contributed by atoms with Crippen molar-refractivity contribution in [2.75, 3.05) is 24.7 Å². The van der Waals surface area contributed by atoms with E-state index in [-0.39, 0.29) is 9.77 Å². The molecule has 2 rings (SSSR count). The summed E-state index contributed by atoms with van der Waals surface area (Å²) in [6, 6.07) is 3.46. The minimum atomic E-state index is -3.57. The van der Waals surface area contributed by atoms with Gasteiger partial charge in [-0.3, -0.25) is 0 Å². The fourth-order valence-electron chi connectivity index (χ4n) is 2.25. The molecular formula is C13H21N3O2S2. The second-order valence-corrected chi connectivity index (χ2v) is 7.91. The Kier molecular flexibility index (Phi) is 4.93. The van der Waals surface area contributed by atoms with E-state index in [1.54, 1.807) is 23.9 Å². The van der Waals surface area contributed by atoms with Crippen LogP contribution in [0.3, 0.4) is 0 Å². The first-order chi connectivity index (χ1) is 9.53. The van der Waals surface area contributed by atoms with Gasteiger partial charge in [-0.1, -0.05) is 6.42 Å². The number of hydrogen-bond acceptors (Lipinski definition) is 5. The lowest BCUT2D eigenvalue weighted by Gasteiger charge is -2.40. The summed E-state index contributed by atoms with van der Waals surface area (Å²) in [5, 5.41) is 3.12. The van der Waals surface area contributed by atoms with Crippen molar-refractivity contribution in [3.63, 3.8) is 0 Å². The Hall–Kier alpha value is -0.790. The highest BCUT2D eigenvalue weighted by Gasteiger charge is 2.37. The number of nitrogens with zero attached hydrogens (tertiary/aromatic N) is 1. The summed E-state index contributed by atoms with van der Waals surface area (Å²) in [4.78, 5) is 4.02. The summed E-state index contributed by atoms with van der Waals surface area (Å²) < 4.78 is 27.6. The largest absolute Gasteiger partial charge is 0.383 e. The molecular weight excluding hydrogens is 294 g/mol. The van der Waals surface area contributed by atoms with E-state index in [1.807, 2.05) is 13.2 Å². The van der Waals surface area contributed by atoms with Gasteiger partial charge in [-0.15, -0.1) is 0 Å². The predicted octanol–water partition coefficient (Wildman–Crippen LogP) is 2.08. The number of hydrogen-bond donors (Lipinski definition) is 2. The molecule has 1 heterocycles. The molecule has 0 radical (unpaired) electrons. The number of rotatable bonds is 7. The minimum absolute atomic E-state index is 0.0696. The molecule has 0 aliphatic heterocycles. The van der Waals surface area contributed by atoms with Gasteiger partial charge < -0.3 is 5.32 Å². The van der Waals surface area contributed by atoms with E-state index in [0.717, 1.165) is 12.8 Å². The number of sulfonamides is 1. The third kappa shape index (κ3) is 3.27. The van der Waals surface area contributed by atoms with Gasteiger partial charge in [0.25, 0.3) is 10.0 Å². The quantitative estimate of drug-likeness (QED) is 0.806. The van der Waals surface area contributed by atoms with Crippen LogP contribution in [0, 0.1) is 0 Å². The molecule has 0 unspecified atom stereocenters. The van der Waals surface area contributed by atoms with Crippen molar-refractivity contribution in [2.24, 2.45) is 0 Å². The monoisotopic (exact) mass is 315 g/mol. The minimum Gasteiger partial charge on any atom is -0.383 e. The Morgan fingerprint density at radius 3 is 2.75 bits per heavy atom. The van der Waals surface area contributed by atoms with Gasteiger partial charge in [0.05, 0.1) is 5.69 Å². The van der Waals surface area contributed by atoms with Crippen LogP contribution in [0.25, 0.3) is 0 Å². The molecule has 0 spiro atoms. The maximum absolute atomic E-state index is 12.4. The van der Waals surface area contributed by atoms with E-state index >= 15 is 0 Å². The summed E-state index contributed by atoms with van der Waals surface area (Å²) in [6.45, 7) is 3.05. The van der Waals surface area contributed by atoms with Crippen molar-refractivity contribution < 1.29 is 8.42 Å². The molecule has 0 bridgehead atoms. The average Bonchev–Trinajstić information content (AvgIpc) is 2.39. The number of thioether (sulfide) groups is 1. The highest BCUT2D eigenvalue weighted by molar-refractivity contribution is 8.00. The van der Waals surface area contributed by atoms with Gasteiger partial charge in [0.15, 0.2) is 5.03 Å². The van der Waals surface area contributed by atoms with Crippen LogP contribution >= 0.6 is 11.8 Å². The van der Waals surface area contributed by atoms with E-state index < -0.39 is 10.0 Å². The zero-order valence-electron chi connectivity index (χ0n) is 11.8. The summed E-state index contributed by atoms with van der Waals surface area (Å²) in [6.07, 6.45) is 6.86. The molecule has 1 aromatic heterocycles. The maximum atomic E-state index is 12.4. The molecule has 5 nitrogen and oxygen atoms in total. The van der Waals surface area contributed by atoms with Crippen LogP contribution in [0.15, 0.2) is 23.4 Å². The van der Waals surface area contributed by atoms with Crippen molar-refractivity contribution in [3.05, 3.63) is 18.3 Å². The Bertz CT molecular complexity index is 551. The fraction of sp³-hybridized carbons (Fsp3) is 0.615. The van der Waals surface area contributed by atoms with E-state index in [2.05, 4.69) is 15.0 Å². The van der Waals surface area contributed by atoms with Crippen LogP contribution in [0.2, 0.25) is 0 Å². The molecule has 20 heavy (non-hydrogen) atoms. The molecule has 7 heteroatoms. The number of aromatic nitrogens is 1. The second-order valence-electron chi connectivity index (χ2n) is 4.95. The number of anilines is 1. The Morgan fingerprint density at radius 2 is 2.20 bits per heavy atom. The van der Waals surface area contributed by atoms with Crippen molar-refractivity contribution in [1.29, 1.82) is 0 Å². The van der Waals surface area contributed by atoms with Gasteiger partial charge in [-0.2, -0.15) is 11.8 Å². The molecule has 1 aromatic rings. The molecule has 0 saturated heterocycles. The topological polar surface area (TPSA) is 71.1 Å². The first kappa shape index (κ1) is 15.6. The molecule has 112 valence electrons. The van der Waals surface area contributed by atoms with Crippen molar-refractivity contribution in [2.45, 2.75) is 36.0 Å². The van der Waals surface area contributed by atoms with Crippen LogP contribution in [0.5, 0.6) is 0 Å². The van der Waals surface area contributed by atoms with Gasteiger partial charge in [-0.25, -0.2) is 18.1 Å². The van der Waals surface area contributed by atoms with E-state index in [0.29, 0.717) is 18.8 Å². The number of nitrogens with one attached hydrogen (secondary N) is 2. The predicted molar refractivity (Wildman–Crippen MR) is 83.7 cm³/mol. The summed E-state index contributed by atoms with van der Waals surface area (Å²) >= 11 is 1.75. The molecule has 1 saturated carbocycles. The lowest BCUT2D eigenvalue weighted by Crippen LogP contribution is -2.45. The second kappa shape index (κ2) is 6.32. The van der Waals surface area contributed by atoms with Crippen LogP contribution in [0.4, 0.5) is 5.69 Å². The first-order valence-corrected chi connectivity index (χ1v) is 9.47. The summed E-state index contributed by atoms with van der Waals surface area (Å²) in [7, 11) is -3.57. The maximum Gasteiger partial charge on any atom is 0.260 e. The SMILES string of the molecule is CCNc1cccnc1S(=O)(=O)NCC1(SC)CCC1. The van der Waals surface area contributed by atoms with Gasteiger partial charge in [0.2, 0.25) is 0 Å². The molecule has 1 fully saturated rings. The van der Waals surface area contributed by atoms with Gasteiger partial charge in [0.1, 0.15) is 0 Å². The zero-order chi connectivity index (χ0) is 14.6. The van der Waals surface area contributed by atoms with E-state index in [9.17, 15) is 8.42 Å². The lowest BCUT2D eigenvalue weighted by molar-refractivity contribution is 0.361. The molecule has 0 aromatic carbocycles. The molecule has 0 amide bonds. The fourth-order valence-corrected chi connectivity index (χ4v) is 4.49. The third-order valence-corrected chi connectivity index (χ3v) is 6.45. The van der Waals surface area contributed by atoms with Crippen LogP contribution in [0.1, 0.15) is 26.2 Å². The number of pyridine rings is 1. The summed E-state index contributed by atoms with van der Waals surface area (Å²) in [5.41, 5.74) is 0.550. The van der Waals surface area contributed by atoms with Crippen molar-refractivity contribution >= 4 is 27.5 Å². The first-order valence-electron chi connectivity index (χ1n) is 6.77. The average molecular weight is 315 g/mol. The van der Waals surface area contributed by atoms with Gasteiger partial charge in [-0.05, 0) is 38.2 Å². The van der Waals surface area contributed by atoms with Crippen LogP contribution in [-0.2, 0) is 10.0 Å². The Morgan fingerprint density at radius 1 is 1.45 bits per heavy atom. The normalized spacial score (nSPS) is 17.5. The van der Waals surface area contributed by atoms with E-state index in [1.165, 1.54) is 12.6 Å². The van der Waals surface area contributed by atoms with Gasteiger partial charge >= 0.3 is 0 Å². The smallest absolute Gasteiger partial charge is 0.260 e. The van der Waals surface area contributed by atoms with E-state index in [4.69, 9.17) is 0 Å². The molecule has 2 N–H and O–H groups in total. The summed E-state index contributed by atoms with van der Waals surface area (Å²) in [5.74, 6) is 0. The van der Waals surface area contributed by atoms with Crippen LogP contribution in [-0.4, -0.2) is 37.5 Å². The standard InChI is InChI=1S/C13H21N3O2S2/c1-3-14-11-6-4-9-15-12(11)20(17,18)16-10-13(19-2)7-5-8-13/h4,6,9,14,16H,3,5,7-8,10H2,1-2H3. The molecule has 0 atom stereocenters. The van der Waals surface area contributed by atoms with Crippen molar-refractivity contribution in [1.82, 2.24) is 9.71 Å².